The van der Waals surface area contributed by atoms with Crippen molar-refractivity contribution in [3.63, 3.8) is 0 Å². The molecule has 2 nitrogen and oxygen atoms in total. The van der Waals surface area contributed by atoms with Gasteiger partial charge in [0.25, 0.3) is 0 Å². The first kappa shape index (κ1) is 7.31. The fourth-order valence-corrected chi connectivity index (χ4v) is 1.20. The number of hydrogen-bond donors (Lipinski definition) is 0. The van der Waals surface area contributed by atoms with Crippen LogP contribution in [0, 0.1) is 4.77 Å². The van der Waals surface area contributed by atoms with E-state index in [2.05, 4.69) is 9.97 Å². The minimum absolute atomic E-state index is 0.385. The van der Waals surface area contributed by atoms with Crippen LogP contribution >= 0.6 is 12.2 Å². The van der Waals surface area contributed by atoms with Gasteiger partial charge in [0, 0.05) is 11.6 Å². The zero-order chi connectivity index (χ0) is 8.39. The van der Waals surface area contributed by atoms with E-state index in [1.165, 1.54) is 0 Å². The number of fused-ring (bicyclic) bond motifs is 1. The summed E-state index contributed by atoms with van der Waals surface area (Å²) in [6.07, 6.45) is 1.68. The summed E-state index contributed by atoms with van der Waals surface area (Å²) < 4.78 is 0.385. The van der Waals surface area contributed by atoms with Crippen molar-refractivity contribution in [2.45, 2.75) is 0 Å². The van der Waals surface area contributed by atoms with E-state index < -0.39 is 0 Å². The van der Waals surface area contributed by atoms with Crippen molar-refractivity contribution in [1.82, 2.24) is 9.97 Å². The zero-order valence-electron chi connectivity index (χ0n) is 6.27. The van der Waals surface area contributed by atoms with Crippen LogP contribution < -0.4 is 0 Å². The molecule has 0 saturated carbocycles. The molecule has 0 atom stereocenters. The smallest absolute Gasteiger partial charge is 0.219 e. The van der Waals surface area contributed by atoms with Crippen molar-refractivity contribution in [2.24, 2.45) is 0 Å². The maximum atomic E-state index is 4.88. The van der Waals surface area contributed by atoms with Gasteiger partial charge in [0.1, 0.15) is 0 Å². The van der Waals surface area contributed by atoms with Gasteiger partial charge in [-0.3, -0.25) is 0 Å². The molecule has 0 aliphatic carbocycles. The Balaban J connectivity index is 2.98. The Labute approximate surface area is 74.9 Å². The van der Waals surface area contributed by atoms with Gasteiger partial charge in [-0.25, -0.2) is 9.97 Å². The molecular weight excluding hydrogens is 168 g/mol. The molecule has 0 unspecified atom stereocenters. The van der Waals surface area contributed by atoms with Gasteiger partial charge in [0.15, 0.2) is 0 Å². The second kappa shape index (κ2) is 2.95. The molecule has 1 aromatic carbocycles. The van der Waals surface area contributed by atoms with Gasteiger partial charge in [-0.15, -0.1) is 0 Å². The zero-order valence-corrected chi connectivity index (χ0v) is 7.08. The third kappa shape index (κ3) is 1.31. The van der Waals surface area contributed by atoms with Crippen LogP contribution in [0.1, 0.15) is 0 Å². The van der Waals surface area contributed by atoms with E-state index in [-0.39, 0.29) is 0 Å². The fraction of sp³-hybridized carbons (Fsp3) is 0. The highest BCUT2D eigenvalue weighted by atomic mass is 32.1. The van der Waals surface area contributed by atoms with Crippen molar-refractivity contribution < 1.29 is 0 Å². The minimum atomic E-state index is 0.385. The highest BCUT2D eigenvalue weighted by molar-refractivity contribution is 7.71. The molecule has 1 heterocycles. The van der Waals surface area contributed by atoms with Crippen LogP contribution in [-0.4, -0.2) is 9.97 Å². The maximum absolute atomic E-state index is 4.88. The number of rotatable bonds is 0. The van der Waals surface area contributed by atoms with E-state index in [4.69, 9.17) is 12.2 Å². The highest BCUT2D eigenvalue weighted by Crippen LogP contribution is 2.07. The molecule has 2 aromatic rings. The standard InChI is InChI=1S/C9H6N2S/c12-9-10-6-5-7-3-1-2-4-8(7)11-9/h1-6H. The van der Waals surface area contributed by atoms with Crippen LogP contribution in [0.5, 0.6) is 0 Å². The third-order valence-electron chi connectivity index (χ3n) is 1.59. The first-order chi connectivity index (χ1) is 5.86. The lowest BCUT2D eigenvalue weighted by molar-refractivity contribution is 1.21. The van der Waals surface area contributed by atoms with Crippen LogP contribution in [0.25, 0.3) is 10.9 Å². The van der Waals surface area contributed by atoms with Crippen molar-refractivity contribution in [2.75, 3.05) is 0 Å². The molecular formula is C9H6N2S. The van der Waals surface area contributed by atoms with Gasteiger partial charge in [-0.05, 0) is 24.4 Å². The number of nitrogens with zero attached hydrogens (tertiary/aromatic N) is 2. The van der Waals surface area contributed by atoms with E-state index in [9.17, 15) is 0 Å². The molecule has 0 saturated heterocycles. The average molecular weight is 174 g/mol. The average Bonchev–Trinajstić information content (AvgIpc) is 2.25. The van der Waals surface area contributed by atoms with Gasteiger partial charge in [-0.2, -0.15) is 0 Å². The SMILES string of the molecule is S=c1nccc2ccccc2n1. The van der Waals surface area contributed by atoms with Crippen LogP contribution in [0.2, 0.25) is 0 Å². The Morgan fingerprint density at radius 3 is 2.83 bits per heavy atom. The van der Waals surface area contributed by atoms with Gasteiger partial charge in [-0.1, -0.05) is 18.2 Å². The summed E-state index contributed by atoms with van der Waals surface area (Å²) in [6.45, 7) is 0. The monoisotopic (exact) mass is 174 g/mol. The molecule has 3 heteroatoms. The van der Waals surface area contributed by atoms with E-state index in [0.29, 0.717) is 4.77 Å². The highest BCUT2D eigenvalue weighted by Gasteiger charge is 1.88. The van der Waals surface area contributed by atoms with E-state index >= 15 is 0 Å². The van der Waals surface area contributed by atoms with Crippen LogP contribution in [0.4, 0.5) is 0 Å². The summed E-state index contributed by atoms with van der Waals surface area (Å²) >= 11 is 4.88. The quantitative estimate of drug-likeness (QED) is 0.573. The van der Waals surface area contributed by atoms with Crippen LogP contribution in [0.15, 0.2) is 36.5 Å². The lowest BCUT2D eigenvalue weighted by Gasteiger charge is -1.86. The molecule has 0 fully saturated rings. The van der Waals surface area contributed by atoms with Crippen LogP contribution in [-0.2, 0) is 0 Å². The summed E-state index contributed by atoms with van der Waals surface area (Å²) in [5, 5.41) is 1.06. The van der Waals surface area contributed by atoms with Crippen LogP contribution in [0.3, 0.4) is 0 Å². The molecule has 1 aromatic heterocycles. The van der Waals surface area contributed by atoms with Gasteiger partial charge in [0.2, 0.25) is 4.77 Å². The Morgan fingerprint density at radius 1 is 1.08 bits per heavy atom. The summed E-state index contributed by atoms with van der Waals surface area (Å²) in [5.41, 5.74) is 0.889. The lowest BCUT2D eigenvalue weighted by atomic mass is 10.2. The molecule has 0 bridgehead atoms. The number of hydrogen-bond acceptors (Lipinski definition) is 3. The molecule has 58 valence electrons. The van der Waals surface area contributed by atoms with Gasteiger partial charge >= 0.3 is 0 Å². The largest absolute Gasteiger partial charge is 0.227 e. The second-order valence-electron chi connectivity index (χ2n) is 2.40. The molecule has 0 N–H and O–H groups in total. The Bertz CT molecular complexity index is 468. The summed E-state index contributed by atoms with van der Waals surface area (Å²) in [4.78, 5) is 8.06. The second-order valence-corrected chi connectivity index (χ2v) is 2.76. The number of aromatic nitrogens is 2. The Morgan fingerprint density at radius 2 is 1.92 bits per heavy atom. The third-order valence-corrected chi connectivity index (χ3v) is 1.79. The van der Waals surface area contributed by atoms with E-state index in [1.807, 2.05) is 30.3 Å². The summed E-state index contributed by atoms with van der Waals surface area (Å²) in [6, 6.07) is 9.71. The molecule has 0 aliphatic heterocycles. The number of para-hydroxylation sites is 1. The number of benzene rings is 1. The topological polar surface area (TPSA) is 25.8 Å². The summed E-state index contributed by atoms with van der Waals surface area (Å²) in [7, 11) is 0. The van der Waals surface area contributed by atoms with Crippen molar-refractivity contribution in [1.29, 1.82) is 0 Å². The molecule has 0 radical (unpaired) electrons. The van der Waals surface area contributed by atoms with E-state index in [0.717, 1.165) is 10.9 Å². The Kier molecular flexibility index (Phi) is 1.80. The Hall–Kier alpha value is -1.35. The molecule has 0 spiro atoms. The fourth-order valence-electron chi connectivity index (χ4n) is 1.04. The first-order valence-electron chi connectivity index (χ1n) is 3.58. The molecule has 12 heavy (non-hydrogen) atoms. The van der Waals surface area contributed by atoms with Crippen molar-refractivity contribution >= 4 is 23.1 Å². The van der Waals surface area contributed by atoms with E-state index in [1.54, 1.807) is 6.20 Å². The predicted octanol–water partition coefficient (Wildman–Crippen LogP) is 2.36. The summed E-state index contributed by atoms with van der Waals surface area (Å²) in [5.74, 6) is 0. The van der Waals surface area contributed by atoms with Gasteiger partial charge < -0.3 is 0 Å². The molecule has 0 aliphatic rings. The molecule has 0 amide bonds. The first-order valence-corrected chi connectivity index (χ1v) is 3.99. The van der Waals surface area contributed by atoms with Crippen molar-refractivity contribution in [3.8, 4) is 0 Å². The lowest BCUT2D eigenvalue weighted by Crippen LogP contribution is -1.71. The molecule has 2 rings (SSSR count). The normalized spacial score (nSPS) is 10.0. The predicted molar refractivity (Wildman–Crippen MR) is 50.4 cm³/mol. The van der Waals surface area contributed by atoms with Gasteiger partial charge in [0.05, 0.1) is 5.52 Å². The van der Waals surface area contributed by atoms with Crippen molar-refractivity contribution in [3.05, 3.63) is 41.3 Å². The maximum Gasteiger partial charge on any atom is 0.219 e. The minimum Gasteiger partial charge on any atom is -0.227 e.